The van der Waals surface area contributed by atoms with Crippen molar-refractivity contribution in [2.45, 2.75) is 40.0 Å². The number of hydrogen-bond acceptors (Lipinski definition) is 2. The molecule has 6 rings (SSSR count). The molecule has 0 unspecified atom stereocenters. The smallest absolute Gasteiger partial charge is 0.324 e. The lowest BCUT2D eigenvalue weighted by Gasteiger charge is -2.38. The Labute approximate surface area is 221 Å². The number of rotatable bonds is 2. The summed E-state index contributed by atoms with van der Waals surface area (Å²) >= 11 is 0. The second-order valence-corrected chi connectivity index (χ2v) is 11.5. The highest BCUT2D eigenvalue weighted by Crippen LogP contribution is 2.43. The minimum absolute atomic E-state index is 0.0176. The van der Waals surface area contributed by atoms with Crippen molar-refractivity contribution in [3.05, 3.63) is 108 Å². The van der Waals surface area contributed by atoms with Gasteiger partial charge < -0.3 is 4.81 Å². The van der Waals surface area contributed by atoms with Gasteiger partial charge >= 0.3 is 6.85 Å². The van der Waals surface area contributed by atoms with Crippen LogP contribution in [-0.4, -0.2) is 18.9 Å². The van der Waals surface area contributed by atoms with E-state index < -0.39 is 0 Å². The van der Waals surface area contributed by atoms with Gasteiger partial charge in [-0.3, -0.25) is 4.98 Å². The Hall–Kier alpha value is -3.85. The third kappa shape index (κ3) is 3.76. The zero-order valence-electron chi connectivity index (χ0n) is 22.6. The lowest BCUT2D eigenvalue weighted by atomic mass is 9.44. The normalized spacial score (nSPS) is 13.0. The number of hydrogen-bond donors (Lipinski definition) is 0. The van der Waals surface area contributed by atoms with E-state index in [9.17, 15) is 0 Å². The summed E-state index contributed by atoms with van der Waals surface area (Å²) < 4.78 is 0. The average Bonchev–Trinajstić information content (AvgIpc) is 2.88. The summed E-state index contributed by atoms with van der Waals surface area (Å²) in [6, 6.07) is 31.1. The quantitative estimate of drug-likeness (QED) is 0.252. The molecule has 1 aliphatic rings. The van der Waals surface area contributed by atoms with Crippen LogP contribution < -0.4 is 15.7 Å². The molecule has 4 aromatic carbocycles. The van der Waals surface area contributed by atoms with Crippen molar-refractivity contribution >= 4 is 34.2 Å². The van der Waals surface area contributed by atoms with Gasteiger partial charge in [0, 0.05) is 17.3 Å². The third-order valence-corrected chi connectivity index (χ3v) is 7.97. The molecule has 0 amide bonds. The van der Waals surface area contributed by atoms with Gasteiger partial charge in [-0.25, -0.2) is 0 Å². The van der Waals surface area contributed by atoms with Crippen LogP contribution in [-0.2, 0) is 5.41 Å². The third-order valence-electron chi connectivity index (χ3n) is 7.97. The fourth-order valence-electron chi connectivity index (χ4n) is 6.23. The van der Waals surface area contributed by atoms with Crippen LogP contribution in [0.5, 0.6) is 0 Å². The molecule has 0 saturated heterocycles. The minimum Gasteiger partial charge on any atom is -0.407 e. The predicted octanol–water partition coefficient (Wildman–Crippen LogP) is 7.04. The first-order valence-corrected chi connectivity index (χ1v) is 13.2. The molecule has 0 saturated carbocycles. The molecule has 0 spiro atoms. The van der Waals surface area contributed by atoms with Crippen LogP contribution in [0.2, 0.25) is 0 Å². The molecule has 1 aromatic heterocycles. The minimum atomic E-state index is 0.0176. The van der Waals surface area contributed by atoms with E-state index in [0.29, 0.717) is 0 Å². The second-order valence-electron chi connectivity index (χ2n) is 11.5. The largest absolute Gasteiger partial charge is 0.407 e. The first kappa shape index (κ1) is 23.5. The summed E-state index contributed by atoms with van der Waals surface area (Å²) in [7, 11) is 2.24. The van der Waals surface area contributed by atoms with E-state index in [1.807, 2.05) is 6.20 Å². The Morgan fingerprint density at radius 1 is 0.757 bits per heavy atom. The van der Waals surface area contributed by atoms with Crippen LogP contribution in [0.1, 0.15) is 37.5 Å². The monoisotopic (exact) mass is 480 g/mol. The van der Waals surface area contributed by atoms with Crippen molar-refractivity contribution in [1.82, 2.24) is 4.98 Å². The Balaban J connectivity index is 1.65. The van der Waals surface area contributed by atoms with E-state index in [-0.39, 0.29) is 12.3 Å². The SMILES string of the molecule is Cc1cccc(C)c1B1c2ccccc2-c2ccnc(-c3cc(C(C)(C)C)c4ccccc4c3)c2N1C. The fraction of sp³-hybridized carbons (Fsp3) is 0.206. The molecule has 3 heteroatoms. The molecular weight excluding hydrogens is 447 g/mol. The second kappa shape index (κ2) is 8.62. The maximum atomic E-state index is 5.05. The number of benzene rings is 4. The molecule has 0 radical (unpaired) electrons. The van der Waals surface area contributed by atoms with E-state index in [1.54, 1.807) is 0 Å². The van der Waals surface area contributed by atoms with Crippen LogP contribution in [0.3, 0.4) is 0 Å². The molecule has 2 nitrogen and oxygen atoms in total. The standard InChI is InChI=1S/C34H33BN2/c1-22-12-11-13-23(2)31(22)35-30-17-10-9-16-27(30)28-18-19-36-32(33(28)37(35)6)25-20-24-14-7-8-15-26(24)29(21-25)34(3,4)5/h7-21H,1-6H3. The van der Waals surface area contributed by atoms with Gasteiger partial charge in [-0.2, -0.15) is 0 Å². The summed E-state index contributed by atoms with van der Waals surface area (Å²) in [5.41, 5.74) is 12.7. The van der Waals surface area contributed by atoms with Crippen molar-refractivity contribution in [3.8, 4) is 22.4 Å². The van der Waals surface area contributed by atoms with E-state index >= 15 is 0 Å². The summed E-state index contributed by atoms with van der Waals surface area (Å²) in [6.45, 7) is 11.5. The van der Waals surface area contributed by atoms with Crippen molar-refractivity contribution in [3.63, 3.8) is 0 Å². The van der Waals surface area contributed by atoms with E-state index in [1.165, 1.54) is 60.8 Å². The van der Waals surface area contributed by atoms with Crippen LogP contribution in [0.4, 0.5) is 5.69 Å². The zero-order chi connectivity index (χ0) is 25.9. The van der Waals surface area contributed by atoms with Crippen LogP contribution in [0.15, 0.2) is 91.1 Å². The average molecular weight is 480 g/mol. The number of aromatic nitrogens is 1. The number of pyridine rings is 1. The van der Waals surface area contributed by atoms with Gasteiger partial charge in [0.1, 0.15) is 0 Å². The van der Waals surface area contributed by atoms with E-state index in [0.717, 1.165) is 5.69 Å². The van der Waals surface area contributed by atoms with Gasteiger partial charge in [-0.1, -0.05) is 98.6 Å². The molecule has 2 heterocycles. The summed E-state index contributed by atoms with van der Waals surface area (Å²) in [4.78, 5) is 7.51. The van der Waals surface area contributed by atoms with E-state index in [4.69, 9.17) is 4.98 Å². The van der Waals surface area contributed by atoms with Crippen LogP contribution in [0.25, 0.3) is 33.2 Å². The molecule has 0 atom stereocenters. The van der Waals surface area contributed by atoms with Crippen LogP contribution in [0, 0.1) is 13.8 Å². The first-order chi connectivity index (χ1) is 17.8. The maximum absolute atomic E-state index is 5.05. The summed E-state index contributed by atoms with van der Waals surface area (Å²) in [5.74, 6) is 0. The first-order valence-electron chi connectivity index (χ1n) is 13.2. The number of aryl methyl sites for hydroxylation is 2. The Bertz CT molecular complexity index is 1640. The molecule has 0 aliphatic carbocycles. The van der Waals surface area contributed by atoms with E-state index in [2.05, 4.69) is 131 Å². The fourth-order valence-corrected chi connectivity index (χ4v) is 6.23. The summed E-state index contributed by atoms with van der Waals surface area (Å²) in [6.07, 6.45) is 1.98. The zero-order valence-corrected chi connectivity index (χ0v) is 22.6. The summed E-state index contributed by atoms with van der Waals surface area (Å²) in [5, 5.41) is 2.57. The Morgan fingerprint density at radius 2 is 1.46 bits per heavy atom. The van der Waals surface area contributed by atoms with Gasteiger partial charge in [0.15, 0.2) is 0 Å². The molecule has 0 fully saturated rings. The van der Waals surface area contributed by atoms with Crippen LogP contribution >= 0.6 is 0 Å². The molecule has 5 aromatic rings. The van der Waals surface area contributed by atoms with Gasteiger partial charge in [-0.15, -0.1) is 0 Å². The molecule has 1 aliphatic heterocycles. The predicted molar refractivity (Wildman–Crippen MR) is 161 cm³/mol. The molecule has 37 heavy (non-hydrogen) atoms. The highest BCUT2D eigenvalue weighted by atomic mass is 15.1. The van der Waals surface area contributed by atoms with Crippen molar-refractivity contribution < 1.29 is 0 Å². The maximum Gasteiger partial charge on any atom is 0.324 e. The van der Waals surface area contributed by atoms with Crippen molar-refractivity contribution in [2.75, 3.05) is 11.9 Å². The highest BCUT2D eigenvalue weighted by Gasteiger charge is 2.37. The van der Waals surface area contributed by atoms with Crippen molar-refractivity contribution in [1.29, 1.82) is 0 Å². The topological polar surface area (TPSA) is 16.1 Å². The highest BCUT2D eigenvalue weighted by molar-refractivity contribution is 6.90. The Morgan fingerprint density at radius 3 is 2.22 bits per heavy atom. The Kier molecular flexibility index (Phi) is 5.49. The lowest BCUT2D eigenvalue weighted by molar-refractivity contribution is 0.596. The molecule has 182 valence electrons. The van der Waals surface area contributed by atoms with Gasteiger partial charge in [0.05, 0.1) is 11.4 Å². The number of anilines is 1. The van der Waals surface area contributed by atoms with Gasteiger partial charge in [0.25, 0.3) is 0 Å². The number of nitrogens with zero attached hydrogens (tertiary/aromatic N) is 2. The lowest BCUT2D eigenvalue weighted by Crippen LogP contribution is -2.59. The molecular formula is C34H33BN2. The van der Waals surface area contributed by atoms with Gasteiger partial charge in [0.2, 0.25) is 0 Å². The molecule has 0 bridgehead atoms. The molecule has 0 N–H and O–H groups in total. The van der Waals surface area contributed by atoms with Crippen molar-refractivity contribution in [2.24, 2.45) is 0 Å². The number of fused-ring (bicyclic) bond motifs is 4. The van der Waals surface area contributed by atoms with Gasteiger partial charge in [-0.05, 0) is 77.3 Å².